The Morgan fingerprint density at radius 1 is 1.70 bits per heavy atom. The van der Waals surface area contributed by atoms with Crippen molar-refractivity contribution in [2.45, 2.75) is 12.1 Å². The number of likely N-dealkylation sites (N-methyl/N-ethyl adjacent to an activating group) is 1. The first-order valence-electron chi connectivity index (χ1n) is 3.43. The molecule has 0 spiro atoms. The summed E-state index contributed by atoms with van der Waals surface area (Å²) in [6, 6.07) is 0.271. The molecule has 2 fully saturated rings. The van der Waals surface area contributed by atoms with Crippen molar-refractivity contribution in [2.75, 3.05) is 20.1 Å². The number of hydrogen-bond acceptors (Lipinski definition) is 3. The van der Waals surface area contributed by atoms with Gasteiger partial charge in [-0.25, -0.2) is 4.79 Å². The average molecular weight is 142 g/mol. The molecule has 0 aromatic carbocycles. The Bertz CT molecular complexity index is 171. The van der Waals surface area contributed by atoms with Crippen molar-refractivity contribution in [3.63, 3.8) is 0 Å². The van der Waals surface area contributed by atoms with Gasteiger partial charge in [0.05, 0.1) is 6.04 Å². The molecule has 2 rings (SSSR count). The van der Waals surface area contributed by atoms with Gasteiger partial charge in [-0.3, -0.25) is 0 Å². The van der Waals surface area contributed by atoms with Crippen molar-refractivity contribution in [1.82, 2.24) is 10.2 Å². The maximum atomic E-state index is 10.9. The van der Waals surface area contributed by atoms with E-state index in [0.29, 0.717) is 0 Å². The van der Waals surface area contributed by atoms with E-state index in [0.717, 1.165) is 13.1 Å². The van der Waals surface area contributed by atoms with Crippen LogP contribution >= 0.6 is 0 Å². The highest BCUT2D eigenvalue weighted by Crippen LogP contribution is 2.19. The Labute approximate surface area is 59.1 Å². The second-order valence-electron chi connectivity index (χ2n) is 2.76. The van der Waals surface area contributed by atoms with E-state index in [2.05, 4.69) is 5.32 Å². The van der Waals surface area contributed by atoms with Crippen LogP contribution in [-0.2, 0) is 4.74 Å². The number of amides is 1. The third kappa shape index (κ3) is 0.623. The number of nitrogens with zero attached hydrogens (tertiary/aromatic N) is 1. The van der Waals surface area contributed by atoms with Crippen LogP contribution in [-0.4, -0.2) is 43.3 Å². The van der Waals surface area contributed by atoms with E-state index in [1.807, 2.05) is 0 Å². The second kappa shape index (κ2) is 1.85. The standard InChI is InChI=1S/C6H10N2O2/c1-8-4-2-7-3-5(4)10-6(8)9/h4-5,7H,2-3H2,1H3/t4?,5-/m1/s1. The van der Waals surface area contributed by atoms with Gasteiger partial charge in [-0.05, 0) is 0 Å². The first kappa shape index (κ1) is 5.97. The zero-order chi connectivity index (χ0) is 7.14. The lowest BCUT2D eigenvalue weighted by atomic mass is 10.2. The van der Waals surface area contributed by atoms with Crippen molar-refractivity contribution in [1.29, 1.82) is 0 Å². The average Bonchev–Trinajstić information content (AvgIpc) is 2.41. The SMILES string of the molecule is CN1C(=O)O[C@@H]2CNCC21. The fourth-order valence-corrected chi connectivity index (χ4v) is 1.50. The number of rotatable bonds is 0. The van der Waals surface area contributed by atoms with Crippen molar-refractivity contribution >= 4 is 6.09 Å². The molecule has 2 aliphatic heterocycles. The number of fused-ring (bicyclic) bond motifs is 1. The molecular weight excluding hydrogens is 132 g/mol. The number of carbonyl (C=O) groups is 1. The first-order valence-corrected chi connectivity index (χ1v) is 3.43. The highest BCUT2D eigenvalue weighted by atomic mass is 16.6. The molecule has 1 N–H and O–H groups in total. The number of ether oxygens (including phenoxy) is 1. The highest BCUT2D eigenvalue weighted by molar-refractivity contribution is 5.70. The lowest BCUT2D eigenvalue weighted by molar-refractivity contribution is 0.136. The van der Waals surface area contributed by atoms with Gasteiger partial charge in [-0.15, -0.1) is 0 Å². The topological polar surface area (TPSA) is 41.6 Å². The molecule has 1 unspecified atom stereocenters. The summed E-state index contributed by atoms with van der Waals surface area (Å²) in [7, 11) is 1.78. The minimum Gasteiger partial charge on any atom is -0.442 e. The quantitative estimate of drug-likeness (QED) is 0.491. The Morgan fingerprint density at radius 3 is 3.20 bits per heavy atom. The number of nitrogens with one attached hydrogen (secondary N) is 1. The molecule has 4 nitrogen and oxygen atoms in total. The molecule has 10 heavy (non-hydrogen) atoms. The van der Waals surface area contributed by atoms with Crippen LogP contribution in [0.15, 0.2) is 0 Å². The van der Waals surface area contributed by atoms with Crippen LogP contribution in [0.1, 0.15) is 0 Å². The molecule has 0 radical (unpaired) electrons. The highest BCUT2D eigenvalue weighted by Gasteiger charge is 2.42. The number of carbonyl (C=O) groups excluding carboxylic acids is 1. The lowest BCUT2D eigenvalue weighted by Gasteiger charge is -2.11. The molecule has 2 saturated heterocycles. The summed E-state index contributed by atoms with van der Waals surface area (Å²) < 4.78 is 5.02. The van der Waals surface area contributed by atoms with E-state index >= 15 is 0 Å². The molecule has 4 heteroatoms. The predicted octanol–water partition coefficient (Wildman–Crippen LogP) is -0.591. The van der Waals surface area contributed by atoms with Gasteiger partial charge >= 0.3 is 6.09 Å². The normalized spacial score (nSPS) is 38.1. The summed E-state index contributed by atoms with van der Waals surface area (Å²) in [5, 5.41) is 3.16. The third-order valence-electron chi connectivity index (χ3n) is 2.17. The van der Waals surface area contributed by atoms with Crippen LogP contribution in [0.4, 0.5) is 4.79 Å². The molecule has 2 heterocycles. The molecular formula is C6H10N2O2. The summed E-state index contributed by atoms with van der Waals surface area (Å²) in [6.45, 7) is 1.67. The minimum absolute atomic E-state index is 0.0949. The van der Waals surface area contributed by atoms with Gasteiger partial charge in [0, 0.05) is 20.1 Å². The summed E-state index contributed by atoms with van der Waals surface area (Å²) in [5.41, 5.74) is 0. The Morgan fingerprint density at radius 2 is 2.50 bits per heavy atom. The summed E-state index contributed by atoms with van der Waals surface area (Å²) in [5.74, 6) is 0. The predicted molar refractivity (Wildman–Crippen MR) is 34.7 cm³/mol. The number of hydrogen-bond donors (Lipinski definition) is 1. The molecule has 1 amide bonds. The van der Waals surface area contributed by atoms with Crippen LogP contribution in [0.3, 0.4) is 0 Å². The second-order valence-corrected chi connectivity index (χ2v) is 2.76. The molecule has 0 aromatic rings. The van der Waals surface area contributed by atoms with E-state index in [4.69, 9.17) is 4.74 Å². The maximum Gasteiger partial charge on any atom is 0.410 e. The fourth-order valence-electron chi connectivity index (χ4n) is 1.50. The van der Waals surface area contributed by atoms with Gasteiger partial charge in [0.25, 0.3) is 0 Å². The van der Waals surface area contributed by atoms with Gasteiger partial charge in [-0.1, -0.05) is 0 Å². The first-order chi connectivity index (χ1) is 4.79. The van der Waals surface area contributed by atoms with E-state index in [9.17, 15) is 4.79 Å². The van der Waals surface area contributed by atoms with Crippen LogP contribution < -0.4 is 5.32 Å². The zero-order valence-corrected chi connectivity index (χ0v) is 5.83. The largest absolute Gasteiger partial charge is 0.442 e. The molecule has 2 aliphatic rings. The third-order valence-corrected chi connectivity index (χ3v) is 2.17. The van der Waals surface area contributed by atoms with Gasteiger partial charge in [0.2, 0.25) is 0 Å². The van der Waals surface area contributed by atoms with E-state index in [-0.39, 0.29) is 18.2 Å². The summed E-state index contributed by atoms with van der Waals surface area (Å²) >= 11 is 0. The van der Waals surface area contributed by atoms with Crippen LogP contribution in [0, 0.1) is 0 Å². The summed E-state index contributed by atoms with van der Waals surface area (Å²) in [4.78, 5) is 12.5. The smallest absolute Gasteiger partial charge is 0.410 e. The fraction of sp³-hybridized carbons (Fsp3) is 0.833. The molecule has 0 bridgehead atoms. The van der Waals surface area contributed by atoms with Crippen molar-refractivity contribution in [3.05, 3.63) is 0 Å². The van der Waals surface area contributed by atoms with Crippen LogP contribution in [0.25, 0.3) is 0 Å². The molecule has 0 saturated carbocycles. The van der Waals surface area contributed by atoms with E-state index in [1.165, 1.54) is 0 Å². The lowest BCUT2D eigenvalue weighted by Crippen LogP contribution is -2.33. The maximum absolute atomic E-state index is 10.9. The van der Waals surface area contributed by atoms with Crippen molar-refractivity contribution < 1.29 is 9.53 Å². The molecule has 0 aromatic heterocycles. The van der Waals surface area contributed by atoms with E-state index in [1.54, 1.807) is 11.9 Å². The molecule has 2 atom stereocenters. The van der Waals surface area contributed by atoms with Gasteiger partial charge in [0.15, 0.2) is 0 Å². The minimum atomic E-state index is -0.184. The van der Waals surface area contributed by atoms with E-state index < -0.39 is 0 Å². The molecule has 0 aliphatic carbocycles. The summed E-state index contributed by atoms with van der Waals surface area (Å²) in [6.07, 6.45) is -0.0889. The van der Waals surface area contributed by atoms with Crippen LogP contribution in [0.5, 0.6) is 0 Å². The van der Waals surface area contributed by atoms with Crippen molar-refractivity contribution in [2.24, 2.45) is 0 Å². The van der Waals surface area contributed by atoms with Gasteiger partial charge in [-0.2, -0.15) is 0 Å². The Hall–Kier alpha value is -0.770. The van der Waals surface area contributed by atoms with Crippen molar-refractivity contribution in [3.8, 4) is 0 Å². The zero-order valence-electron chi connectivity index (χ0n) is 5.83. The Balaban J connectivity index is 2.16. The molecule has 56 valence electrons. The van der Waals surface area contributed by atoms with Gasteiger partial charge in [0.1, 0.15) is 6.10 Å². The van der Waals surface area contributed by atoms with Gasteiger partial charge < -0.3 is 15.0 Å². The monoisotopic (exact) mass is 142 g/mol. The Kier molecular flexibility index (Phi) is 1.11. The van der Waals surface area contributed by atoms with Crippen LogP contribution in [0.2, 0.25) is 0 Å².